The Balaban J connectivity index is 1.95. The molecule has 1 aliphatic heterocycles. The first-order valence-electron chi connectivity index (χ1n) is 8.16. The molecule has 0 radical (unpaired) electrons. The minimum atomic E-state index is 0.124. The van der Waals surface area contributed by atoms with Crippen LogP contribution < -0.4 is 14.4 Å². The Morgan fingerprint density at radius 1 is 1.04 bits per heavy atom. The Morgan fingerprint density at radius 3 is 2.20 bits per heavy atom. The number of rotatable bonds is 5. The highest BCUT2D eigenvalue weighted by Crippen LogP contribution is 2.28. The molecule has 25 heavy (non-hydrogen) atoms. The number of hydrogen-bond acceptors (Lipinski definition) is 4. The van der Waals surface area contributed by atoms with Gasteiger partial charge in [0, 0.05) is 12.1 Å². The number of hydrogen-bond donors (Lipinski definition) is 0. The lowest BCUT2D eigenvalue weighted by Crippen LogP contribution is -2.45. The van der Waals surface area contributed by atoms with E-state index >= 15 is 0 Å². The largest absolute Gasteiger partial charge is 0.497 e. The summed E-state index contributed by atoms with van der Waals surface area (Å²) in [6.07, 6.45) is 2.79. The summed E-state index contributed by atoms with van der Waals surface area (Å²) >= 11 is 0. The molecule has 0 aliphatic carbocycles. The maximum Gasteiger partial charge on any atom is 0.297 e. The second kappa shape index (κ2) is 7.75. The number of ether oxygens (including phenoxy) is 3. The van der Waals surface area contributed by atoms with Crippen molar-refractivity contribution >= 4 is 17.4 Å². The van der Waals surface area contributed by atoms with E-state index in [1.807, 2.05) is 54.6 Å². The monoisotopic (exact) mass is 338 g/mol. The maximum absolute atomic E-state index is 5.86. The maximum atomic E-state index is 5.86. The molecule has 1 unspecified atom stereocenters. The van der Waals surface area contributed by atoms with Crippen LogP contribution in [0.15, 0.2) is 66.2 Å². The van der Waals surface area contributed by atoms with Crippen molar-refractivity contribution < 1.29 is 14.2 Å². The van der Waals surface area contributed by atoms with Gasteiger partial charge in [0.1, 0.15) is 11.5 Å². The standard InChI is InChI=1S/C20H22N2O3/c1-4-16-13-14-25-20(21-15-5-9-18(23-2)10-6-15)22(16)17-7-11-19(24-3)12-8-17/h4-12,16H,1,13-14H2,2-3H3. The molecular formula is C20H22N2O3. The summed E-state index contributed by atoms with van der Waals surface area (Å²) < 4.78 is 16.3. The average Bonchev–Trinajstić information content (AvgIpc) is 2.68. The summed E-state index contributed by atoms with van der Waals surface area (Å²) in [5.74, 6) is 1.61. The SMILES string of the molecule is C=CC1CCOC(=Nc2ccc(OC)cc2)N1c1ccc(OC)cc1. The molecule has 0 saturated carbocycles. The summed E-state index contributed by atoms with van der Waals surface area (Å²) in [6.45, 7) is 4.57. The van der Waals surface area contributed by atoms with E-state index in [2.05, 4.69) is 16.5 Å². The summed E-state index contributed by atoms with van der Waals surface area (Å²) in [4.78, 5) is 6.73. The van der Waals surface area contributed by atoms with Gasteiger partial charge in [0.25, 0.3) is 6.02 Å². The fourth-order valence-electron chi connectivity index (χ4n) is 2.73. The van der Waals surface area contributed by atoms with Crippen molar-refractivity contribution in [3.05, 3.63) is 61.2 Å². The average molecular weight is 338 g/mol. The van der Waals surface area contributed by atoms with E-state index in [1.54, 1.807) is 14.2 Å². The van der Waals surface area contributed by atoms with Crippen LogP contribution in [-0.2, 0) is 4.74 Å². The van der Waals surface area contributed by atoms with Gasteiger partial charge in [-0.3, -0.25) is 4.90 Å². The van der Waals surface area contributed by atoms with Crippen LogP contribution in [0.3, 0.4) is 0 Å². The Hall–Kier alpha value is -2.95. The smallest absolute Gasteiger partial charge is 0.297 e. The predicted molar refractivity (Wildman–Crippen MR) is 100 cm³/mol. The van der Waals surface area contributed by atoms with Crippen LogP contribution in [0.2, 0.25) is 0 Å². The molecule has 5 heteroatoms. The third-order valence-corrected chi connectivity index (χ3v) is 4.10. The molecule has 0 bridgehead atoms. The fourth-order valence-corrected chi connectivity index (χ4v) is 2.73. The number of nitrogens with zero attached hydrogens (tertiary/aromatic N) is 2. The minimum Gasteiger partial charge on any atom is -0.497 e. The second-order valence-electron chi connectivity index (χ2n) is 5.60. The van der Waals surface area contributed by atoms with Crippen LogP contribution >= 0.6 is 0 Å². The summed E-state index contributed by atoms with van der Waals surface area (Å²) in [5.41, 5.74) is 1.79. The van der Waals surface area contributed by atoms with Gasteiger partial charge in [-0.15, -0.1) is 6.58 Å². The Bertz CT molecular complexity index is 739. The highest BCUT2D eigenvalue weighted by Gasteiger charge is 2.27. The van der Waals surface area contributed by atoms with Gasteiger partial charge in [-0.1, -0.05) is 6.08 Å². The van der Waals surface area contributed by atoms with Crippen molar-refractivity contribution in [3.63, 3.8) is 0 Å². The van der Waals surface area contributed by atoms with Crippen molar-refractivity contribution in [1.29, 1.82) is 0 Å². The van der Waals surface area contributed by atoms with E-state index in [-0.39, 0.29) is 6.04 Å². The first-order chi connectivity index (χ1) is 12.2. The van der Waals surface area contributed by atoms with Crippen LogP contribution in [0.5, 0.6) is 11.5 Å². The molecule has 0 N–H and O–H groups in total. The zero-order valence-corrected chi connectivity index (χ0v) is 14.5. The van der Waals surface area contributed by atoms with Crippen LogP contribution in [0.4, 0.5) is 11.4 Å². The minimum absolute atomic E-state index is 0.124. The van der Waals surface area contributed by atoms with Gasteiger partial charge in [0.2, 0.25) is 0 Å². The lowest BCUT2D eigenvalue weighted by Gasteiger charge is -2.36. The second-order valence-corrected chi connectivity index (χ2v) is 5.60. The van der Waals surface area contributed by atoms with E-state index in [0.717, 1.165) is 29.3 Å². The van der Waals surface area contributed by atoms with E-state index in [1.165, 1.54) is 0 Å². The molecule has 0 aromatic heterocycles. The Morgan fingerprint density at radius 2 is 1.64 bits per heavy atom. The van der Waals surface area contributed by atoms with Crippen molar-refractivity contribution in [3.8, 4) is 11.5 Å². The molecule has 1 saturated heterocycles. The predicted octanol–water partition coefficient (Wildman–Crippen LogP) is 4.17. The molecule has 1 atom stereocenters. The van der Waals surface area contributed by atoms with Crippen molar-refractivity contribution in [2.24, 2.45) is 4.99 Å². The summed E-state index contributed by atoms with van der Waals surface area (Å²) in [6, 6.07) is 16.1. The van der Waals surface area contributed by atoms with Gasteiger partial charge in [0.15, 0.2) is 0 Å². The molecule has 3 rings (SSSR count). The van der Waals surface area contributed by atoms with Crippen LogP contribution in [0, 0.1) is 0 Å². The normalized spacial score (nSPS) is 18.6. The first kappa shape index (κ1) is 16.9. The zero-order chi connectivity index (χ0) is 17.6. The van der Waals surface area contributed by atoms with Crippen molar-refractivity contribution in [2.45, 2.75) is 12.5 Å². The molecule has 0 amide bonds. The number of anilines is 1. The van der Waals surface area contributed by atoms with E-state index in [9.17, 15) is 0 Å². The Labute approximate surface area is 148 Å². The van der Waals surface area contributed by atoms with Gasteiger partial charge in [-0.25, -0.2) is 0 Å². The highest BCUT2D eigenvalue weighted by atomic mass is 16.5. The quantitative estimate of drug-likeness (QED) is 0.767. The van der Waals surface area contributed by atoms with Crippen LogP contribution in [-0.4, -0.2) is 32.9 Å². The van der Waals surface area contributed by atoms with Crippen LogP contribution in [0.25, 0.3) is 0 Å². The third kappa shape index (κ3) is 3.76. The number of aliphatic imine (C=N–C) groups is 1. The lowest BCUT2D eigenvalue weighted by atomic mass is 10.1. The molecule has 2 aromatic carbocycles. The zero-order valence-electron chi connectivity index (χ0n) is 14.5. The number of amidine groups is 1. The molecule has 130 valence electrons. The van der Waals surface area contributed by atoms with Gasteiger partial charge in [-0.05, 0) is 48.5 Å². The van der Waals surface area contributed by atoms with Crippen LogP contribution in [0.1, 0.15) is 6.42 Å². The van der Waals surface area contributed by atoms with Gasteiger partial charge < -0.3 is 14.2 Å². The molecule has 1 heterocycles. The first-order valence-corrected chi connectivity index (χ1v) is 8.16. The third-order valence-electron chi connectivity index (χ3n) is 4.10. The topological polar surface area (TPSA) is 43.3 Å². The van der Waals surface area contributed by atoms with E-state index in [4.69, 9.17) is 14.2 Å². The van der Waals surface area contributed by atoms with E-state index < -0.39 is 0 Å². The number of methoxy groups -OCH3 is 2. The number of benzene rings is 2. The molecule has 2 aromatic rings. The van der Waals surface area contributed by atoms with Gasteiger partial charge >= 0.3 is 0 Å². The highest BCUT2D eigenvalue weighted by molar-refractivity contribution is 5.95. The molecule has 5 nitrogen and oxygen atoms in total. The van der Waals surface area contributed by atoms with Gasteiger partial charge in [-0.2, -0.15) is 4.99 Å². The summed E-state index contributed by atoms with van der Waals surface area (Å²) in [5, 5.41) is 0. The van der Waals surface area contributed by atoms with E-state index in [0.29, 0.717) is 12.6 Å². The Kier molecular flexibility index (Phi) is 5.23. The molecular weight excluding hydrogens is 316 g/mol. The molecule has 0 spiro atoms. The van der Waals surface area contributed by atoms with Gasteiger partial charge in [0.05, 0.1) is 32.6 Å². The molecule has 1 aliphatic rings. The molecule has 1 fully saturated rings. The summed E-state index contributed by atoms with van der Waals surface area (Å²) in [7, 11) is 3.30. The fraction of sp³-hybridized carbons (Fsp3) is 0.250. The van der Waals surface area contributed by atoms with Crippen molar-refractivity contribution in [1.82, 2.24) is 0 Å². The lowest BCUT2D eigenvalue weighted by molar-refractivity contribution is 0.256. The van der Waals surface area contributed by atoms with Crippen molar-refractivity contribution in [2.75, 3.05) is 25.7 Å².